The number of hydrogen-bond donors (Lipinski definition) is 0. The fourth-order valence-corrected chi connectivity index (χ4v) is 3.21. The van der Waals surface area contributed by atoms with E-state index in [1.54, 1.807) is 12.4 Å². The third kappa shape index (κ3) is 3.64. The Morgan fingerprint density at radius 2 is 2.15 bits per heavy atom. The topological polar surface area (TPSA) is 72.1 Å². The highest BCUT2D eigenvalue weighted by Crippen LogP contribution is 2.22. The number of likely N-dealkylation sites (tertiary alicyclic amines) is 1. The van der Waals surface area contributed by atoms with Gasteiger partial charge in [-0.1, -0.05) is 35.0 Å². The minimum Gasteiger partial charge on any atom is -0.342 e. The molecule has 3 heterocycles. The molecule has 0 spiro atoms. The maximum Gasteiger partial charge on any atom is 0.227 e. The molecule has 1 aromatic carbocycles. The minimum absolute atomic E-state index is 0.174. The molecule has 1 saturated heterocycles. The number of carbonyl (C=O) groups is 1. The molecule has 3 aromatic rings. The number of hydrogen-bond acceptors (Lipinski definition) is 5. The van der Waals surface area contributed by atoms with Gasteiger partial charge in [0.05, 0.1) is 6.42 Å². The molecule has 0 aliphatic carbocycles. The Labute approximate surface area is 151 Å². The number of aryl methyl sites for hydroxylation is 1. The zero-order valence-electron chi connectivity index (χ0n) is 14.6. The molecule has 1 amide bonds. The highest BCUT2D eigenvalue weighted by atomic mass is 16.5. The number of carbonyl (C=O) groups excluding carboxylic acids is 1. The van der Waals surface area contributed by atoms with Gasteiger partial charge in [-0.3, -0.25) is 9.78 Å². The Morgan fingerprint density at radius 3 is 2.92 bits per heavy atom. The summed E-state index contributed by atoms with van der Waals surface area (Å²) in [6.45, 7) is 3.53. The van der Waals surface area contributed by atoms with Gasteiger partial charge in [0.25, 0.3) is 0 Å². The second-order valence-electron chi connectivity index (χ2n) is 6.79. The molecule has 1 aliphatic heterocycles. The Bertz CT molecular complexity index is 901. The first-order chi connectivity index (χ1) is 12.7. The van der Waals surface area contributed by atoms with Crippen LogP contribution in [0.25, 0.3) is 11.4 Å². The second-order valence-corrected chi connectivity index (χ2v) is 6.79. The summed E-state index contributed by atoms with van der Waals surface area (Å²) < 4.78 is 5.34. The van der Waals surface area contributed by atoms with E-state index in [4.69, 9.17) is 4.52 Å². The van der Waals surface area contributed by atoms with Crippen molar-refractivity contribution in [2.45, 2.75) is 19.8 Å². The van der Waals surface area contributed by atoms with Gasteiger partial charge in [0, 0.05) is 43.4 Å². The molecular formula is C20H20N4O2. The Morgan fingerprint density at radius 1 is 1.27 bits per heavy atom. The summed E-state index contributed by atoms with van der Waals surface area (Å²) in [5.41, 5.74) is 3.08. The first-order valence-electron chi connectivity index (χ1n) is 8.73. The average molecular weight is 348 g/mol. The van der Waals surface area contributed by atoms with Crippen molar-refractivity contribution in [3.63, 3.8) is 0 Å². The van der Waals surface area contributed by atoms with Crippen LogP contribution >= 0.6 is 0 Å². The molecule has 132 valence electrons. The Hall–Kier alpha value is -3.02. The molecule has 1 fully saturated rings. The lowest BCUT2D eigenvalue weighted by atomic mass is 9.95. The average Bonchev–Trinajstić information content (AvgIpc) is 3.07. The molecule has 0 N–H and O–H groups in total. The first kappa shape index (κ1) is 16.4. The van der Waals surface area contributed by atoms with Crippen molar-refractivity contribution >= 4 is 5.91 Å². The van der Waals surface area contributed by atoms with Crippen molar-refractivity contribution in [2.75, 3.05) is 13.1 Å². The maximum absolute atomic E-state index is 12.4. The minimum atomic E-state index is 0.174. The highest BCUT2D eigenvalue weighted by molar-refractivity contribution is 5.79. The van der Waals surface area contributed by atoms with Crippen LogP contribution in [0.15, 0.2) is 53.3 Å². The first-order valence-corrected chi connectivity index (χ1v) is 8.73. The van der Waals surface area contributed by atoms with Gasteiger partial charge in [0.1, 0.15) is 0 Å². The van der Waals surface area contributed by atoms with Crippen LogP contribution in [0.5, 0.6) is 0 Å². The zero-order valence-corrected chi connectivity index (χ0v) is 14.6. The maximum atomic E-state index is 12.4. The van der Waals surface area contributed by atoms with Crippen molar-refractivity contribution in [2.24, 2.45) is 5.92 Å². The van der Waals surface area contributed by atoms with Crippen LogP contribution in [0.3, 0.4) is 0 Å². The molecule has 6 heteroatoms. The van der Waals surface area contributed by atoms with E-state index in [1.807, 2.05) is 42.2 Å². The van der Waals surface area contributed by atoms with Crippen LogP contribution in [0.2, 0.25) is 0 Å². The predicted molar refractivity (Wildman–Crippen MR) is 96.2 cm³/mol. The standard InChI is InChI=1S/C20H20N4O2/c1-14-4-2-5-15(8-14)10-19(25)24-12-16(13-24)9-18-22-20(23-26-18)17-6-3-7-21-11-17/h2-8,11,16H,9-10,12-13H2,1H3. The van der Waals surface area contributed by atoms with Gasteiger partial charge in [-0.05, 0) is 24.6 Å². The number of benzene rings is 1. The second kappa shape index (κ2) is 7.07. The molecule has 0 bridgehead atoms. The van der Waals surface area contributed by atoms with Crippen molar-refractivity contribution < 1.29 is 9.32 Å². The van der Waals surface area contributed by atoms with E-state index in [2.05, 4.69) is 21.2 Å². The van der Waals surface area contributed by atoms with E-state index in [-0.39, 0.29) is 5.91 Å². The molecule has 6 nitrogen and oxygen atoms in total. The van der Waals surface area contributed by atoms with Crippen molar-refractivity contribution in [3.8, 4) is 11.4 Å². The molecule has 4 rings (SSSR count). The number of pyridine rings is 1. The fourth-order valence-electron chi connectivity index (χ4n) is 3.21. The summed E-state index contributed by atoms with van der Waals surface area (Å²) in [7, 11) is 0. The van der Waals surface area contributed by atoms with Gasteiger partial charge >= 0.3 is 0 Å². The van der Waals surface area contributed by atoms with Gasteiger partial charge in [0.15, 0.2) is 0 Å². The van der Waals surface area contributed by atoms with Gasteiger partial charge < -0.3 is 9.42 Å². The van der Waals surface area contributed by atoms with Crippen LogP contribution in [0.4, 0.5) is 0 Å². The lowest BCUT2D eigenvalue weighted by molar-refractivity contribution is -0.136. The van der Waals surface area contributed by atoms with Crippen molar-refractivity contribution in [3.05, 3.63) is 65.8 Å². The molecule has 0 radical (unpaired) electrons. The summed E-state index contributed by atoms with van der Waals surface area (Å²) >= 11 is 0. The van der Waals surface area contributed by atoms with Crippen molar-refractivity contribution in [1.29, 1.82) is 0 Å². The van der Waals surface area contributed by atoms with E-state index in [9.17, 15) is 4.79 Å². The fraction of sp³-hybridized carbons (Fsp3) is 0.300. The number of rotatable bonds is 5. The van der Waals surface area contributed by atoms with Gasteiger partial charge in [-0.2, -0.15) is 4.98 Å². The smallest absolute Gasteiger partial charge is 0.227 e. The number of nitrogens with zero attached hydrogens (tertiary/aromatic N) is 4. The molecule has 26 heavy (non-hydrogen) atoms. The van der Waals surface area contributed by atoms with Crippen molar-refractivity contribution in [1.82, 2.24) is 20.0 Å². The lowest BCUT2D eigenvalue weighted by Crippen LogP contribution is -2.51. The molecule has 0 saturated carbocycles. The third-order valence-corrected chi connectivity index (χ3v) is 4.60. The lowest BCUT2D eigenvalue weighted by Gasteiger charge is -2.38. The largest absolute Gasteiger partial charge is 0.342 e. The summed E-state index contributed by atoms with van der Waals surface area (Å²) in [5, 5.41) is 4.01. The van der Waals surface area contributed by atoms with Crippen LogP contribution < -0.4 is 0 Å². The van der Waals surface area contributed by atoms with Crippen LogP contribution in [0, 0.1) is 12.8 Å². The van der Waals surface area contributed by atoms with E-state index < -0.39 is 0 Å². The van der Waals surface area contributed by atoms with Gasteiger partial charge in [0.2, 0.25) is 17.6 Å². The zero-order chi connectivity index (χ0) is 17.9. The Balaban J connectivity index is 1.29. The third-order valence-electron chi connectivity index (χ3n) is 4.60. The molecule has 0 atom stereocenters. The van der Waals surface area contributed by atoms with Gasteiger partial charge in [-0.15, -0.1) is 0 Å². The predicted octanol–water partition coefficient (Wildman–Crippen LogP) is 2.68. The monoisotopic (exact) mass is 348 g/mol. The van der Waals surface area contributed by atoms with Crippen LogP contribution in [0.1, 0.15) is 17.0 Å². The summed E-state index contributed by atoms with van der Waals surface area (Å²) in [5.74, 6) is 1.71. The van der Waals surface area contributed by atoms with Crippen LogP contribution in [-0.4, -0.2) is 39.0 Å². The highest BCUT2D eigenvalue weighted by Gasteiger charge is 2.31. The normalized spacial score (nSPS) is 14.3. The van der Waals surface area contributed by atoms with E-state index in [1.165, 1.54) is 5.56 Å². The molecule has 2 aromatic heterocycles. The summed E-state index contributed by atoms with van der Waals surface area (Å²) in [4.78, 5) is 22.7. The van der Waals surface area contributed by atoms with Gasteiger partial charge in [-0.25, -0.2) is 0 Å². The molecule has 0 unspecified atom stereocenters. The SMILES string of the molecule is Cc1cccc(CC(=O)N2CC(Cc3nc(-c4cccnc4)no3)C2)c1. The number of aromatic nitrogens is 3. The van der Waals surface area contributed by atoms with E-state index in [0.29, 0.717) is 30.5 Å². The van der Waals surface area contributed by atoms with Crippen LogP contribution in [-0.2, 0) is 17.6 Å². The van der Waals surface area contributed by atoms with E-state index >= 15 is 0 Å². The van der Waals surface area contributed by atoms with E-state index in [0.717, 1.165) is 24.2 Å². The molecule has 1 aliphatic rings. The molecular weight excluding hydrogens is 328 g/mol. The summed E-state index contributed by atoms with van der Waals surface area (Å²) in [6.07, 6.45) is 4.58. The number of amides is 1. The quantitative estimate of drug-likeness (QED) is 0.709. The summed E-state index contributed by atoms with van der Waals surface area (Å²) in [6, 6.07) is 11.8. The Kier molecular flexibility index (Phi) is 4.48.